The Kier molecular flexibility index (Phi) is 18.8. The van der Waals surface area contributed by atoms with Crippen LogP contribution in [0.1, 0.15) is 27.8 Å². The highest BCUT2D eigenvalue weighted by Crippen LogP contribution is 2.31. The summed E-state index contributed by atoms with van der Waals surface area (Å²) in [4.78, 5) is 40.8. The molecule has 0 amide bonds. The van der Waals surface area contributed by atoms with Crippen LogP contribution in [0.2, 0.25) is 0 Å². The number of aliphatic carboxylic acids is 4. The molecule has 0 radical (unpaired) electrons. The van der Waals surface area contributed by atoms with Crippen molar-refractivity contribution in [1.82, 2.24) is 0 Å². The number of phenols is 5. The number of carboxylic acid groups (broad SMARTS) is 4. The highest BCUT2D eigenvalue weighted by atomic mass is 16.5. The number of aromatic hydroxyl groups is 5. The molecular formula is C39H38O15. The molecule has 9 N–H and O–H groups in total. The number of carbonyl (C=O) groups is 4. The minimum Gasteiger partial charge on any atom is -0.508 e. The first kappa shape index (κ1) is 44.3. The van der Waals surface area contributed by atoms with Gasteiger partial charge in [-0.25, -0.2) is 19.2 Å². The summed E-state index contributed by atoms with van der Waals surface area (Å²) in [7, 11) is 2.87. The van der Waals surface area contributed by atoms with Crippen LogP contribution < -0.4 is 9.47 Å². The number of rotatable bonds is 10. The molecule has 15 heteroatoms. The SMILES string of the molecule is COc1cc(/C=C/C(=O)O)cc(C)c1O.COc1cc(/C=C/C(=O)O)ccc1O.O=C(O)/C=C/c1ccc(O)c(O)c1.O=C(O)/C=C/c1ccc(O)cc1. The van der Waals surface area contributed by atoms with Gasteiger partial charge < -0.3 is 55.4 Å². The third kappa shape index (κ3) is 17.8. The summed E-state index contributed by atoms with van der Waals surface area (Å²) < 4.78 is 9.80. The third-order valence-electron chi connectivity index (χ3n) is 6.28. The van der Waals surface area contributed by atoms with E-state index >= 15 is 0 Å². The van der Waals surface area contributed by atoms with Crippen molar-refractivity contribution < 1.29 is 74.6 Å². The van der Waals surface area contributed by atoms with E-state index in [0.29, 0.717) is 33.8 Å². The molecule has 4 rings (SSSR count). The van der Waals surface area contributed by atoms with Gasteiger partial charge in [0.25, 0.3) is 0 Å². The fraction of sp³-hybridized carbons (Fsp3) is 0.0769. The van der Waals surface area contributed by atoms with E-state index in [2.05, 4.69) is 0 Å². The lowest BCUT2D eigenvalue weighted by molar-refractivity contribution is -0.132. The second-order valence-electron chi connectivity index (χ2n) is 10.3. The summed E-state index contributed by atoms with van der Waals surface area (Å²) in [5, 5.41) is 79.1. The van der Waals surface area contributed by atoms with E-state index in [1.165, 1.54) is 74.9 Å². The number of ether oxygens (including phenoxy) is 2. The Morgan fingerprint density at radius 2 is 0.852 bits per heavy atom. The van der Waals surface area contributed by atoms with E-state index < -0.39 is 23.9 Å². The zero-order chi connectivity index (χ0) is 40.8. The van der Waals surface area contributed by atoms with Gasteiger partial charge in [0, 0.05) is 24.3 Å². The number of hydrogen-bond donors (Lipinski definition) is 9. The second-order valence-corrected chi connectivity index (χ2v) is 10.3. The number of aryl methyl sites for hydroxylation is 1. The Balaban J connectivity index is 0.000000361. The Hall–Kier alpha value is -7.68. The summed E-state index contributed by atoms with van der Waals surface area (Å²) in [6.07, 6.45) is 9.69. The van der Waals surface area contributed by atoms with Crippen molar-refractivity contribution in [2.45, 2.75) is 6.92 Å². The number of benzene rings is 4. The average molecular weight is 747 g/mol. The Morgan fingerprint density at radius 1 is 0.463 bits per heavy atom. The smallest absolute Gasteiger partial charge is 0.328 e. The van der Waals surface area contributed by atoms with Crippen LogP contribution in [-0.4, -0.2) is 84.1 Å². The van der Waals surface area contributed by atoms with E-state index in [1.807, 2.05) is 0 Å². The van der Waals surface area contributed by atoms with Gasteiger partial charge in [-0.2, -0.15) is 0 Å². The van der Waals surface area contributed by atoms with E-state index in [1.54, 1.807) is 43.3 Å². The molecule has 0 bridgehead atoms. The zero-order valence-corrected chi connectivity index (χ0v) is 29.0. The molecule has 4 aromatic carbocycles. The first-order chi connectivity index (χ1) is 25.4. The lowest BCUT2D eigenvalue weighted by atomic mass is 10.1. The summed E-state index contributed by atoms with van der Waals surface area (Å²) in [6, 6.07) is 18.2. The van der Waals surface area contributed by atoms with Gasteiger partial charge >= 0.3 is 23.9 Å². The standard InChI is InChI=1S/C11H12O4.C10H10O4.C9H8O4.C9H8O3/c1-7-5-8(3-4-10(12)13)6-9(15-2)11(7)14;1-14-9-6-7(2-4-8(9)11)3-5-10(12)13;10-7-3-1-6(5-8(7)11)2-4-9(12)13;10-8-4-1-7(2-5-8)3-6-9(11)12/h3-6,14H,1-2H3,(H,12,13);2-6,11H,1H3,(H,12,13);1-5,10-11H,(H,12,13);1-6,10H,(H,11,12)/b4-3+;5-3+;4-2+;6-3+. The van der Waals surface area contributed by atoms with E-state index in [0.717, 1.165) is 29.9 Å². The molecular weight excluding hydrogens is 708 g/mol. The molecule has 0 heterocycles. The molecule has 4 aromatic rings. The number of phenolic OH excluding ortho intramolecular Hbond substituents is 5. The van der Waals surface area contributed by atoms with Crippen molar-refractivity contribution in [3.8, 4) is 40.2 Å². The van der Waals surface area contributed by atoms with Crippen LogP contribution >= 0.6 is 0 Å². The van der Waals surface area contributed by atoms with E-state index in [9.17, 15) is 29.4 Å². The van der Waals surface area contributed by atoms with Gasteiger partial charge in [0.05, 0.1) is 14.2 Å². The van der Waals surface area contributed by atoms with Gasteiger partial charge in [0.1, 0.15) is 5.75 Å². The lowest BCUT2D eigenvalue weighted by Gasteiger charge is -2.07. The van der Waals surface area contributed by atoms with Crippen molar-refractivity contribution in [3.63, 3.8) is 0 Å². The van der Waals surface area contributed by atoms with Crippen LogP contribution in [0.3, 0.4) is 0 Å². The van der Waals surface area contributed by atoms with Crippen LogP contribution in [0.4, 0.5) is 0 Å². The fourth-order valence-electron chi connectivity index (χ4n) is 3.72. The molecule has 0 fully saturated rings. The quantitative estimate of drug-likeness (QED) is 0.0666. The van der Waals surface area contributed by atoms with Gasteiger partial charge in [-0.1, -0.05) is 24.3 Å². The fourth-order valence-corrected chi connectivity index (χ4v) is 3.72. The minimum absolute atomic E-state index is 0.0278. The van der Waals surface area contributed by atoms with Crippen LogP contribution in [0, 0.1) is 6.92 Å². The molecule has 0 aliphatic heterocycles. The molecule has 0 saturated heterocycles. The molecule has 284 valence electrons. The monoisotopic (exact) mass is 746 g/mol. The summed E-state index contributed by atoms with van der Waals surface area (Å²) in [6.45, 7) is 1.72. The van der Waals surface area contributed by atoms with Crippen molar-refractivity contribution in [3.05, 3.63) is 125 Å². The first-order valence-electron chi connectivity index (χ1n) is 15.1. The van der Waals surface area contributed by atoms with Crippen LogP contribution in [0.15, 0.2) is 97.1 Å². The topological polar surface area (TPSA) is 269 Å². The molecule has 0 unspecified atom stereocenters. The first-order valence-corrected chi connectivity index (χ1v) is 15.1. The van der Waals surface area contributed by atoms with Crippen LogP contribution in [-0.2, 0) is 19.2 Å². The highest BCUT2D eigenvalue weighted by Gasteiger charge is 2.06. The predicted octanol–water partition coefficient (Wildman–Crippen LogP) is 5.99. The van der Waals surface area contributed by atoms with Gasteiger partial charge in [0.2, 0.25) is 0 Å². The summed E-state index contributed by atoms with van der Waals surface area (Å²) in [5.41, 5.74) is 3.22. The Labute approximate surface area is 308 Å². The van der Waals surface area contributed by atoms with Gasteiger partial charge in [-0.3, -0.25) is 0 Å². The largest absolute Gasteiger partial charge is 0.508 e. The third-order valence-corrected chi connectivity index (χ3v) is 6.28. The van der Waals surface area contributed by atoms with Gasteiger partial charge in [-0.15, -0.1) is 0 Å². The summed E-state index contributed by atoms with van der Waals surface area (Å²) in [5.74, 6) is -3.66. The molecule has 54 heavy (non-hydrogen) atoms. The maximum atomic E-state index is 10.3. The van der Waals surface area contributed by atoms with Gasteiger partial charge in [-0.05, 0) is 108 Å². The van der Waals surface area contributed by atoms with Crippen molar-refractivity contribution >= 4 is 48.2 Å². The Bertz CT molecular complexity index is 2010. The minimum atomic E-state index is -1.06. The lowest BCUT2D eigenvalue weighted by Crippen LogP contribution is -1.89. The zero-order valence-electron chi connectivity index (χ0n) is 29.0. The molecule has 0 spiro atoms. The Morgan fingerprint density at radius 3 is 1.30 bits per heavy atom. The van der Waals surface area contributed by atoms with E-state index in [4.69, 9.17) is 45.2 Å². The number of methoxy groups -OCH3 is 2. The molecule has 15 nitrogen and oxygen atoms in total. The highest BCUT2D eigenvalue weighted by molar-refractivity contribution is 5.87. The molecule has 0 aliphatic carbocycles. The number of hydrogen-bond acceptors (Lipinski definition) is 11. The van der Waals surface area contributed by atoms with Gasteiger partial charge in [0.15, 0.2) is 34.5 Å². The van der Waals surface area contributed by atoms with Crippen LogP contribution in [0.25, 0.3) is 24.3 Å². The second kappa shape index (κ2) is 22.9. The van der Waals surface area contributed by atoms with Crippen molar-refractivity contribution in [2.75, 3.05) is 14.2 Å². The average Bonchev–Trinajstić information content (AvgIpc) is 3.12. The normalized spacial score (nSPS) is 10.4. The molecule has 0 aliphatic rings. The number of carboxylic acids is 4. The molecule has 0 atom stereocenters. The maximum absolute atomic E-state index is 10.3. The maximum Gasteiger partial charge on any atom is 0.328 e. The van der Waals surface area contributed by atoms with E-state index in [-0.39, 0.29) is 28.7 Å². The van der Waals surface area contributed by atoms with Crippen molar-refractivity contribution in [1.29, 1.82) is 0 Å². The summed E-state index contributed by atoms with van der Waals surface area (Å²) >= 11 is 0. The van der Waals surface area contributed by atoms with Crippen LogP contribution in [0.5, 0.6) is 40.2 Å². The molecule has 0 saturated carbocycles. The van der Waals surface area contributed by atoms with Crippen molar-refractivity contribution in [2.24, 2.45) is 0 Å². The molecule has 0 aromatic heterocycles. The predicted molar refractivity (Wildman–Crippen MR) is 199 cm³/mol.